The fourth-order valence-electron chi connectivity index (χ4n) is 4.77. The third-order valence-corrected chi connectivity index (χ3v) is 7.58. The van der Waals surface area contributed by atoms with E-state index in [1.54, 1.807) is 89.2 Å². The Morgan fingerprint density at radius 3 is 1.58 bits per heavy atom. The molecule has 7 atom stereocenters. The van der Waals surface area contributed by atoms with E-state index in [0.29, 0.717) is 0 Å². The van der Waals surface area contributed by atoms with Crippen LogP contribution in [0.3, 0.4) is 0 Å². The summed E-state index contributed by atoms with van der Waals surface area (Å²) in [6.07, 6.45) is -4.25. The Morgan fingerprint density at radius 1 is 0.733 bits per heavy atom. The second kappa shape index (κ2) is 13.9. The Hall–Kier alpha value is -2.79. The summed E-state index contributed by atoms with van der Waals surface area (Å²) in [7, 11) is 0. The normalized spacial score (nSPS) is 28.6. The molecule has 2 heterocycles. The summed E-state index contributed by atoms with van der Waals surface area (Å²) in [5.74, 6) is -2.35. The standard InChI is InChI=1S/C34H55NO10/c1-15-20-17-21(36)16-19(2)35(20)26-25(45-30(40)34(12,13)14)24(44-29(39)33(9,10)11)23(43-28(38)32(6,7)8)22(42-26)18-41-27(37)31(3,4)5/h15,19-20,22-26H,1,16-18H2,2-14H3/t19-,20+,22+,23-,24-,25+,26+/m0/s1. The van der Waals surface area contributed by atoms with Crippen LogP contribution >= 0.6 is 0 Å². The average molecular weight is 638 g/mol. The molecule has 2 rings (SSSR count). The number of likely N-dealkylation sites (tertiary alicyclic amines) is 1. The van der Waals surface area contributed by atoms with Crippen LogP contribution in [-0.4, -0.2) is 83.9 Å². The first-order valence-electron chi connectivity index (χ1n) is 15.7. The molecule has 256 valence electrons. The van der Waals surface area contributed by atoms with Crippen molar-refractivity contribution in [3.05, 3.63) is 12.7 Å². The molecule has 0 saturated carbocycles. The predicted octanol–water partition coefficient (Wildman–Crippen LogP) is 4.78. The van der Waals surface area contributed by atoms with Gasteiger partial charge in [0.15, 0.2) is 24.5 Å². The molecule has 0 aromatic rings. The van der Waals surface area contributed by atoms with Crippen LogP contribution in [0, 0.1) is 21.7 Å². The van der Waals surface area contributed by atoms with Crippen LogP contribution in [-0.2, 0) is 47.7 Å². The molecule has 0 N–H and O–H groups in total. The van der Waals surface area contributed by atoms with E-state index >= 15 is 0 Å². The van der Waals surface area contributed by atoms with Crippen molar-refractivity contribution in [2.24, 2.45) is 21.7 Å². The maximum atomic E-state index is 13.5. The van der Waals surface area contributed by atoms with Crippen LogP contribution in [0.25, 0.3) is 0 Å². The molecule has 0 spiro atoms. The number of carbonyl (C=O) groups excluding carboxylic acids is 5. The molecule has 2 aliphatic rings. The van der Waals surface area contributed by atoms with Gasteiger partial charge in [-0.25, -0.2) is 0 Å². The van der Waals surface area contributed by atoms with Crippen LogP contribution < -0.4 is 0 Å². The first-order valence-corrected chi connectivity index (χ1v) is 15.7. The minimum absolute atomic E-state index is 0.0334. The molecule has 0 aromatic heterocycles. The molecule has 0 aliphatic carbocycles. The molecular weight excluding hydrogens is 582 g/mol. The monoisotopic (exact) mass is 637 g/mol. The number of ketones is 1. The van der Waals surface area contributed by atoms with E-state index in [-0.39, 0.29) is 31.3 Å². The van der Waals surface area contributed by atoms with Crippen LogP contribution in [0.4, 0.5) is 0 Å². The molecular formula is C34H55NO10. The van der Waals surface area contributed by atoms with Crippen LogP contribution in [0.2, 0.25) is 0 Å². The van der Waals surface area contributed by atoms with Crippen molar-refractivity contribution in [1.82, 2.24) is 4.90 Å². The number of nitrogens with zero attached hydrogens (tertiary/aromatic N) is 1. The number of ether oxygens (including phenoxy) is 5. The molecule has 0 unspecified atom stereocenters. The lowest BCUT2D eigenvalue weighted by Gasteiger charge is -2.52. The van der Waals surface area contributed by atoms with Gasteiger partial charge in [-0.3, -0.25) is 28.9 Å². The van der Waals surface area contributed by atoms with E-state index in [9.17, 15) is 24.0 Å². The number of esters is 4. The van der Waals surface area contributed by atoms with Gasteiger partial charge in [0.1, 0.15) is 18.5 Å². The lowest BCUT2D eigenvalue weighted by atomic mass is 9.89. The SMILES string of the molecule is C=C[C@@H]1CC(=O)C[C@H](C)N1[C@@H]1O[C@H](COC(=O)C(C)(C)C)[C@H](OC(=O)C(C)(C)C)[C@H](OC(=O)C(C)(C)C)[C@H]1OC(=O)C(C)(C)C. The summed E-state index contributed by atoms with van der Waals surface area (Å²) in [5, 5.41) is 0. The fourth-order valence-corrected chi connectivity index (χ4v) is 4.77. The molecule has 2 fully saturated rings. The number of hydrogen-bond donors (Lipinski definition) is 0. The highest BCUT2D eigenvalue weighted by molar-refractivity contribution is 5.81. The predicted molar refractivity (Wildman–Crippen MR) is 167 cm³/mol. The second-order valence-corrected chi connectivity index (χ2v) is 16.3. The molecule has 2 saturated heterocycles. The second-order valence-electron chi connectivity index (χ2n) is 16.3. The van der Waals surface area contributed by atoms with Crippen molar-refractivity contribution < 1.29 is 47.7 Å². The zero-order chi connectivity index (χ0) is 34.9. The third kappa shape index (κ3) is 9.85. The van der Waals surface area contributed by atoms with E-state index in [1.807, 2.05) is 11.8 Å². The lowest BCUT2D eigenvalue weighted by molar-refractivity contribution is -0.291. The number of Topliss-reactive ketones (excluding diaryl/α,β-unsaturated/α-hetero) is 1. The molecule has 2 aliphatic heterocycles. The Bertz CT molecular complexity index is 1130. The fraction of sp³-hybridized carbons (Fsp3) is 0.794. The molecule has 0 aromatic carbocycles. The van der Waals surface area contributed by atoms with E-state index in [0.717, 1.165) is 0 Å². The van der Waals surface area contributed by atoms with Gasteiger partial charge in [0.2, 0.25) is 0 Å². The van der Waals surface area contributed by atoms with Crippen molar-refractivity contribution in [3.8, 4) is 0 Å². The minimum atomic E-state index is -1.36. The van der Waals surface area contributed by atoms with Gasteiger partial charge in [-0.15, -0.1) is 6.58 Å². The highest BCUT2D eigenvalue weighted by Crippen LogP contribution is 2.38. The van der Waals surface area contributed by atoms with Gasteiger partial charge in [0.05, 0.1) is 21.7 Å². The van der Waals surface area contributed by atoms with Crippen molar-refractivity contribution >= 4 is 29.7 Å². The van der Waals surface area contributed by atoms with Crippen molar-refractivity contribution in [3.63, 3.8) is 0 Å². The van der Waals surface area contributed by atoms with E-state index in [1.165, 1.54) is 0 Å². The minimum Gasteiger partial charge on any atom is -0.462 e. The highest BCUT2D eigenvalue weighted by Gasteiger charge is 2.57. The van der Waals surface area contributed by atoms with Crippen molar-refractivity contribution in [2.45, 2.75) is 146 Å². The topological polar surface area (TPSA) is 135 Å². The van der Waals surface area contributed by atoms with Gasteiger partial charge in [-0.1, -0.05) is 6.08 Å². The molecule has 11 nitrogen and oxygen atoms in total. The van der Waals surface area contributed by atoms with Gasteiger partial charge in [0.25, 0.3) is 0 Å². The smallest absolute Gasteiger partial charge is 0.311 e. The summed E-state index contributed by atoms with van der Waals surface area (Å²) in [5.41, 5.74) is -3.74. The zero-order valence-corrected chi connectivity index (χ0v) is 29.5. The number of piperidine rings is 1. The summed E-state index contributed by atoms with van der Waals surface area (Å²) >= 11 is 0. The Kier molecular flexibility index (Phi) is 11.9. The quantitative estimate of drug-likeness (QED) is 0.217. The largest absolute Gasteiger partial charge is 0.462 e. The summed E-state index contributed by atoms with van der Waals surface area (Å²) in [6.45, 7) is 25.6. The number of rotatable bonds is 7. The van der Waals surface area contributed by atoms with Gasteiger partial charge >= 0.3 is 23.9 Å². The summed E-state index contributed by atoms with van der Waals surface area (Å²) in [6, 6.07) is -0.895. The molecule has 0 amide bonds. The highest BCUT2D eigenvalue weighted by atomic mass is 16.7. The van der Waals surface area contributed by atoms with Crippen molar-refractivity contribution in [2.75, 3.05) is 6.61 Å². The molecule has 0 radical (unpaired) electrons. The summed E-state index contributed by atoms with van der Waals surface area (Å²) in [4.78, 5) is 67.7. The molecule has 45 heavy (non-hydrogen) atoms. The first kappa shape index (κ1) is 38.4. The number of carbonyl (C=O) groups is 5. The van der Waals surface area contributed by atoms with Crippen LogP contribution in [0.15, 0.2) is 12.7 Å². The van der Waals surface area contributed by atoms with Gasteiger partial charge < -0.3 is 23.7 Å². The average Bonchev–Trinajstić information content (AvgIpc) is 2.86. The Balaban J connectivity index is 2.82. The van der Waals surface area contributed by atoms with Crippen LogP contribution in [0.1, 0.15) is 103 Å². The van der Waals surface area contributed by atoms with E-state index < -0.39 is 82.2 Å². The lowest BCUT2D eigenvalue weighted by Crippen LogP contribution is -2.69. The van der Waals surface area contributed by atoms with Gasteiger partial charge in [-0.05, 0) is 90.0 Å². The summed E-state index contributed by atoms with van der Waals surface area (Å²) < 4.78 is 30.6. The number of hydrogen-bond acceptors (Lipinski definition) is 11. The van der Waals surface area contributed by atoms with Crippen LogP contribution in [0.5, 0.6) is 0 Å². The van der Waals surface area contributed by atoms with Gasteiger partial charge in [0, 0.05) is 24.9 Å². The van der Waals surface area contributed by atoms with Gasteiger partial charge in [-0.2, -0.15) is 0 Å². The maximum Gasteiger partial charge on any atom is 0.311 e. The van der Waals surface area contributed by atoms with E-state index in [2.05, 4.69) is 6.58 Å². The van der Waals surface area contributed by atoms with E-state index in [4.69, 9.17) is 23.7 Å². The zero-order valence-electron chi connectivity index (χ0n) is 29.5. The first-order chi connectivity index (χ1) is 20.3. The molecule has 0 bridgehead atoms. The molecule has 11 heteroatoms. The third-order valence-electron chi connectivity index (χ3n) is 7.58. The Morgan fingerprint density at radius 2 is 1.16 bits per heavy atom. The van der Waals surface area contributed by atoms with Crippen molar-refractivity contribution in [1.29, 1.82) is 0 Å². The Labute approximate surface area is 268 Å². The maximum absolute atomic E-state index is 13.5.